The maximum Gasteiger partial charge on any atom is 0.200 e. The van der Waals surface area contributed by atoms with Crippen LogP contribution in [0.2, 0.25) is 0 Å². The molecular weight excluding hydrogens is 188 g/mol. The van der Waals surface area contributed by atoms with Gasteiger partial charge in [-0.3, -0.25) is 0 Å². The molecule has 0 saturated heterocycles. The summed E-state index contributed by atoms with van der Waals surface area (Å²) in [5, 5.41) is 8.84. The summed E-state index contributed by atoms with van der Waals surface area (Å²) in [5.74, 6) is -2.95. The maximum atomic E-state index is 13.1. The van der Waals surface area contributed by atoms with Crippen LogP contribution in [-0.4, -0.2) is 11.7 Å². The fourth-order valence-electron chi connectivity index (χ4n) is 0.989. The van der Waals surface area contributed by atoms with Crippen molar-refractivity contribution in [1.29, 1.82) is 0 Å². The molecule has 0 amide bonds. The van der Waals surface area contributed by atoms with Crippen LogP contribution in [0, 0.1) is 11.6 Å². The van der Waals surface area contributed by atoms with E-state index in [2.05, 4.69) is 0 Å². The van der Waals surface area contributed by atoms with Gasteiger partial charge in [-0.1, -0.05) is 12.2 Å². The summed E-state index contributed by atoms with van der Waals surface area (Å²) in [5.41, 5.74) is 5.33. The summed E-state index contributed by atoms with van der Waals surface area (Å²) in [7, 11) is 0. The first-order chi connectivity index (χ1) is 6.66. The van der Waals surface area contributed by atoms with Gasteiger partial charge in [0, 0.05) is 5.56 Å². The molecule has 0 aliphatic carbocycles. The van der Waals surface area contributed by atoms with Crippen molar-refractivity contribution in [2.45, 2.75) is 6.42 Å². The molecule has 0 unspecified atom stereocenters. The number of hydrogen-bond donors (Lipinski definition) is 2. The van der Waals surface area contributed by atoms with Crippen molar-refractivity contribution in [2.75, 3.05) is 6.54 Å². The molecule has 0 aromatic heterocycles. The van der Waals surface area contributed by atoms with Crippen LogP contribution in [0.1, 0.15) is 12.0 Å². The third-order valence-electron chi connectivity index (χ3n) is 1.72. The molecule has 0 radical (unpaired) electrons. The van der Waals surface area contributed by atoms with Gasteiger partial charge in [0.1, 0.15) is 0 Å². The number of halogens is 2. The van der Waals surface area contributed by atoms with Crippen LogP contribution in [0.5, 0.6) is 5.75 Å². The molecule has 0 aliphatic rings. The molecule has 1 aromatic rings. The second kappa shape index (κ2) is 4.72. The smallest absolute Gasteiger partial charge is 0.200 e. The minimum Gasteiger partial charge on any atom is -0.505 e. The van der Waals surface area contributed by atoms with Crippen LogP contribution in [0.25, 0.3) is 6.08 Å². The van der Waals surface area contributed by atoms with Gasteiger partial charge in [0.2, 0.25) is 5.82 Å². The zero-order chi connectivity index (χ0) is 10.6. The minimum absolute atomic E-state index is 0.105. The Balaban J connectivity index is 2.94. The van der Waals surface area contributed by atoms with Crippen LogP contribution >= 0.6 is 0 Å². The summed E-state index contributed by atoms with van der Waals surface area (Å²) in [6, 6.07) is 2.42. The second-order valence-corrected chi connectivity index (χ2v) is 2.78. The lowest BCUT2D eigenvalue weighted by Crippen LogP contribution is -1.95. The largest absolute Gasteiger partial charge is 0.505 e. The van der Waals surface area contributed by atoms with Crippen molar-refractivity contribution in [3.05, 3.63) is 35.4 Å². The molecule has 0 heterocycles. The molecule has 0 aliphatic heterocycles. The second-order valence-electron chi connectivity index (χ2n) is 2.78. The predicted molar refractivity (Wildman–Crippen MR) is 50.7 cm³/mol. The van der Waals surface area contributed by atoms with E-state index in [1.165, 1.54) is 12.1 Å². The first-order valence-corrected chi connectivity index (χ1v) is 4.20. The first kappa shape index (κ1) is 10.7. The molecule has 1 aromatic carbocycles. The highest BCUT2D eigenvalue weighted by molar-refractivity contribution is 5.51. The van der Waals surface area contributed by atoms with Crippen LogP contribution in [0.15, 0.2) is 18.2 Å². The molecule has 0 fully saturated rings. The zero-order valence-corrected chi connectivity index (χ0v) is 7.50. The molecule has 3 N–H and O–H groups in total. The Kier molecular flexibility index (Phi) is 3.59. The number of aromatic hydroxyl groups is 1. The predicted octanol–water partition coefficient (Wildman–Crippen LogP) is 2.03. The van der Waals surface area contributed by atoms with Crippen LogP contribution < -0.4 is 5.73 Å². The molecule has 76 valence electrons. The molecule has 0 saturated carbocycles. The van der Waals surface area contributed by atoms with Crippen molar-refractivity contribution >= 4 is 6.08 Å². The monoisotopic (exact) mass is 199 g/mol. The van der Waals surface area contributed by atoms with Gasteiger partial charge in [0.25, 0.3) is 0 Å². The van der Waals surface area contributed by atoms with Crippen LogP contribution in [0.4, 0.5) is 8.78 Å². The van der Waals surface area contributed by atoms with Crippen molar-refractivity contribution in [2.24, 2.45) is 5.73 Å². The quantitative estimate of drug-likeness (QED) is 0.782. The highest BCUT2D eigenvalue weighted by Crippen LogP contribution is 2.21. The zero-order valence-electron chi connectivity index (χ0n) is 7.50. The third kappa shape index (κ3) is 2.29. The van der Waals surface area contributed by atoms with Gasteiger partial charge >= 0.3 is 0 Å². The summed E-state index contributed by atoms with van der Waals surface area (Å²) in [6.45, 7) is 0.457. The van der Waals surface area contributed by atoms with E-state index in [4.69, 9.17) is 10.8 Å². The van der Waals surface area contributed by atoms with Gasteiger partial charge in [0.05, 0.1) is 0 Å². The number of hydrogen-bond acceptors (Lipinski definition) is 2. The summed E-state index contributed by atoms with van der Waals surface area (Å²) < 4.78 is 25.9. The van der Waals surface area contributed by atoms with E-state index in [0.717, 1.165) is 6.07 Å². The van der Waals surface area contributed by atoms with E-state index >= 15 is 0 Å². The van der Waals surface area contributed by atoms with Gasteiger partial charge < -0.3 is 10.8 Å². The molecule has 0 spiro atoms. The standard InChI is InChI=1S/C10H11F2NO/c11-9-7(3-1-2-6-13)4-5-8(14)10(9)12/h1,3-5,14H,2,6,13H2. The van der Waals surface area contributed by atoms with Crippen LogP contribution in [-0.2, 0) is 0 Å². The van der Waals surface area contributed by atoms with E-state index < -0.39 is 17.4 Å². The van der Waals surface area contributed by atoms with Gasteiger partial charge in [-0.25, -0.2) is 4.39 Å². The van der Waals surface area contributed by atoms with E-state index in [1.54, 1.807) is 6.08 Å². The lowest BCUT2D eigenvalue weighted by molar-refractivity contribution is 0.406. The van der Waals surface area contributed by atoms with Gasteiger partial charge in [0.15, 0.2) is 11.6 Å². The van der Waals surface area contributed by atoms with Crippen molar-refractivity contribution in [3.63, 3.8) is 0 Å². The number of phenolic OH excluding ortho intramolecular Hbond substituents is 1. The summed E-state index contributed by atoms with van der Waals surface area (Å²) in [4.78, 5) is 0. The average Bonchev–Trinajstić information content (AvgIpc) is 2.18. The Morgan fingerprint density at radius 1 is 1.29 bits per heavy atom. The fraction of sp³-hybridized carbons (Fsp3) is 0.200. The minimum atomic E-state index is -1.22. The Morgan fingerprint density at radius 2 is 2.00 bits per heavy atom. The highest BCUT2D eigenvalue weighted by Gasteiger charge is 2.10. The molecule has 0 bridgehead atoms. The number of phenols is 1. The Bertz CT molecular complexity index is 350. The highest BCUT2D eigenvalue weighted by atomic mass is 19.2. The molecule has 1 rings (SSSR count). The van der Waals surface area contributed by atoms with Gasteiger partial charge in [-0.05, 0) is 25.1 Å². The Hall–Kier alpha value is -1.42. The third-order valence-corrected chi connectivity index (χ3v) is 1.72. The topological polar surface area (TPSA) is 46.2 Å². The van der Waals surface area contributed by atoms with E-state index in [-0.39, 0.29) is 5.56 Å². The van der Waals surface area contributed by atoms with Gasteiger partial charge in [-0.15, -0.1) is 0 Å². The molecular formula is C10H11F2NO. The SMILES string of the molecule is NCCC=Cc1ccc(O)c(F)c1F. The molecule has 0 atom stereocenters. The summed E-state index contributed by atoms with van der Waals surface area (Å²) in [6.07, 6.45) is 3.68. The van der Waals surface area contributed by atoms with Crippen LogP contribution in [0.3, 0.4) is 0 Å². The lowest BCUT2D eigenvalue weighted by Gasteiger charge is -2.00. The molecule has 4 heteroatoms. The normalized spacial score (nSPS) is 11.1. The number of rotatable bonds is 3. The average molecular weight is 199 g/mol. The Labute approximate surface area is 80.7 Å². The van der Waals surface area contributed by atoms with E-state index in [9.17, 15) is 8.78 Å². The van der Waals surface area contributed by atoms with Crippen molar-refractivity contribution in [3.8, 4) is 5.75 Å². The van der Waals surface area contributed by atoms with Gasteiger partial charge in [-0.2, -0.15) is 4.39 Å². The molecule has 2 nitrogen and oxygen atoms in total. The van der Waals surface area contributed by atoms with E-state index in [0.29, 0.717) is 13.0 Å². The number of benzene rings is 1. The summed E-state index contributed by atoms with van der Waals surface area (Å²) >= 11 is 0. The van der Waals surface area contributed by atoms with Crippen molar-refractivity contribution < 1.29 is 13.9 Å². The number of nitrogens with two attached hydrogens (primary N) is 1. The Morgan fingerprint density at radius 3 is 2.64 bits per heavy atom. The maximum absolute atomic E-state index is 13.1. The van der Waals surface area contributed by atoms with E-state index in [1.807, 2.05) is 0 Å². The fourth-order valence-corrected chi connectivity index (χ4v) is 0.989. The molecule has 14 heavy (non-hydrogen) atoms. The lowest BCUT2D eigenvalue weighted by atomic mass is 10.1. The first-order valence-electron chi connectivity index (χ1n) is 4.20. The van der Waals surface area contributed by atoms with Crippen molar-refractivity contribution in [1.82, 2.24) is 0 Å².